The van der Waals surface area contributed by atoms with Crippen molar-refractivity contribution in [2.24, 2.45) is 0 Å². The largest absolute Gasteiger partial charge is 0.493 e. The van der Waals surface area contributed by atoms with E-state index < -0.39 is 0 Å². The number of carbonyl (C=O) groups is 1. The molecule has 2 aliphatic rings. The number of benzene rings is 1. The SMILES string of the molecule is CCN(CCCN1CCCC1)C(=O)N[C@H]1CCOc2ccccc21. The molecule has 132 valence electrons. The molecule has 2 heterocycles. The van der Waals surface area contributed by atoms with E-state index in [-0.39, 0.29) is 12.1 Å². The molecular weight excluding hydrogens is 302 g/mol. The van der Waals surface area contributed by atoms with E-state index in [9.17, 15) is 4.79 Å². The predicted octanol–water partition coefficient (Wildman–Crippen LogP) is 3.03. The summed E-state index contributed by atoms with van der Waals surface area (Å²) in [4.78, 5) is 17.1. The first-order valence-electron chi connectivity index (χ1n) is 9.27. The normalized spacial score (nSPS) is 20.3. The van der Waals surface area contributed by atoms with Gasteiger partial charge in [0.2, 0.25) is 0 Å². The Morgan fingerprint density at radius 1 is 1.33 bits per heavy atom. The van der Waals surface area contributed by atoms with Gasteiger partial charge in [0.15, 0.2) is 0 Å². The summed E-state index contributed by atoms with van der Waals surface area (Å²) in [5, 5.41) is 3.20. The van der Waals surface area contributed by atoms with Gasteiger partial charge in [0, 0.05) is 25.1 Å². The lowest BCUT2D eigenvalue weighted by atomic mass is 10.0. The average Bonchev–Trinajstić information content (AvgIpc) is 3.12. The number of fused-ring (bicyclic) bond motifs is 1. The third kappa shape index (κ3) is 4.20. The highest BCUT2D eigenvalue weighted by molar-refractivity contribution is 5.75. The van der Waals surface area contributed by atoms with Crippen LogP contribution >= 0.6 is 0 Å². The first kappa shape index (κ1) is 17.1. The Balaban J connectivity index is 1.51. The summed E-state index contributed by atoms with van der Waals surface area (Å²) in [6, 6.07) is 8.08. The first-order chi connectivity index (χ1) is 11.8. The van der Waals surface area contributed by atoms with Crippen LogP contribution in [0.3, 0.4) is 0 Å². The lowest BCUT2D eigenvalue weighted by molar-refractivity contribution is 0.185. The Kier molecular flexibility index (Phi) is 5.96. The van der Waals surface area contributed by atoms with Gasteiger partial charge in [0.25, 0.3) is 0 Å². The number of amides is 2. The molecule has 1 N–H and O–H groups in total. The maximum absolute atomic E-state index is 12.6. The number of rotatable bonds is 6. The third-order valence-corrected chi connectivity index (χ3v) is 5.03. The molecule has 1 aromatic carbocycles. The minimum Gasteiger partial charge on any atom is -0.493 e. The van der Waals surface area contributed by atoms with Crippen molar-refractivity contribution in [1.29, 1.82) is 0 Å². The van der Waals surface area contributed by atoms with E-state index in [2.05, 4.69) is 10.2 Å². The zero-order valence-electron chi connectivity index (χ0n) is 14.7. The summed E-state index contributed by atoms with van der Waals surface area (Å²) < 4.78 is 5.67. The minimum absolute atomic E-state index is 0.0422. The molecule has 2 amide bonds. The predicted molar refractivity (Wildman–Crippen MR) is 95.4 cm³/mol. The number of hydrogen-bond donors (Lipinski definition) is 1. The summed E-state index contributed by atoms with van der Waals surface area (Å²) in [5.41, 5.74) is 1.09. The van der Waals surface area contributed by atoms with Crippen LogP contribution in [0.1, 0.15) is 44.2 Å². The number of likely N-dealkylation sites (tertiary alicyclic amines) is 1. The Bertz CT molecular complexity index is 543. The fourth-order valence-electron chi connectivity index (χ4n) is 3.63. The van der Waals surface area contributed by atoms with Gasteiger partial charge in [-0.2, -0.15) is 0 Å². The maximum atomic E-state index is 12.6. The molecule has 0 radical (unpaired) electrons. The molecule has 0 spiro atoms. The van der Waals surface area contributed by atoms with Crippen LogP contribution in [0.4, 0.5) is 4.79 Å². The quantitative estimate of drug-likeness (QED) is 0.871. The van der Waals surface area contributed by atoms with Gasteiger partial charge >= 0.3 is 6.03 Å². The van der Waals surface area contributed by atoms with Crippen molar-refractivity contribution in [3.05, 3.63) is 29.8 Å². The van der Waals surface area contributed by atoms with Gasteiger partial charge in [-0.3, -0.25) is 0 Å². The van der Waals surface area contributed by atoms with Crippen molar-refractivity contribution in [1.82, 2.24) is 15.1 Å². The number of nitrogens with one attached hydrogen (secondary N) is 1. The van der Waals surface area contributed by atoms with Gasteiger partial charge in [-0.1, -0.05) is 18.2 Å². The van der Waals surface area contributed by atoms with Crippen LogP contribution in [-0.4, -0.2) is 55.2 Å². The van der Waals surface area contributed by atoms with Crippen LogP contribution in [0.25, 0.3) is 0 Å². The first-order valence-corrected chi connectivity index (χ1v) is 9.27. The number of urea groups is 1. The van der Waals surface area contributed by atoms with Crippen molar-refractivity contribution >= 4 is 6.03 Å². The molecule has 3 rings (SSSR count). The number of carbonyl (C=O) groups excluding carboxylic acids is 1. The van der Waals surface area contributed by atoms with Crippen molar-refractivity contribution in [3.63, 3.8) is 0 Å². The van der Waals surface area contributed by atoms with E-state index in [1.807, 2.05) is 36.1 Å². The molecule has 0 bridgehead atoms. The monoisotopic (exact) mass is 331 g/mol. The second-order valence-corrected chi connectivity index (χ2v) is 6.66. The molecule has 0 aliphatic carbocycles. The number of hydrogen-bond acceptors (Lipinski definition) is 3. The molecule has 0 saturated carbocycles. The summed E-state index contributed by atoms with van der Waals surface area (Å²) in [6.45, 7) is 7.81. The molecule has 1 aromatic rings. The maximum Gasteiger partial charge on any atom is 0.317 e. The molecule has 24 heavy (non-hydrogen) atoms. The topological polar surface area (TPSA) is 44.8 Å². The van der Waals surface area contributed by atoms with Gasteiger partial charge in [0.1, 0.15) is 5.75 Å². The van der Waals surface area contributed by atoms with E-state index >= 15 is 0 Å². The molecule has 0 unspecified atom stereocenters. The summed E-state index contributed by atoms with van der Waals surface area (Å²) >= 11 is 0. The van der Waals surface area contributed by atoms with E-state index in [4.69, 9.17) is 4.74 Å². The van der Waals surface area contributed by atoms with Crippen LogP contribution in [0.5, 0.6) is 5.75 Å². The van der Waals surface area contributed by atoms with Gasteiger partial charge in [-0.05, 0) is 51.9 Å². The Hall–Kier alpha value is -1.75. The van der Waals surface area contributed by atoms with Crippen LogP contribution in [0.2, 0.25) is 0 Å². The molecular formula is C19H29N3O2. The zero-order valence-corrected chi connectivity index (χ0v) is 14.7. The number of ether oxygens (including phenoxy) is 1. The fraction of sp³-hybridized carbons (Fsp3) is 0.632. The average molecular weight is 331 g/mol. The molecule has 1 atom stereocenters. The Morgan fingerprint density at radius 3 is 2.92 bits per heavy atom. The fourth-order valence-corrected chi connectivity index (χ4v) is 3.63. The highest BCUT2D eigenvalue weighted by atomic mass is 16.5. The van der Waals surface area contributed by atoms with Crippen molar-refractivity contribution in [2.75, 3.05) is 39.3 Å². The van der Waals surface area contributed by atoms with E-state index in [1.165, 1.54) is 25.9 Å². The zero-order chi connectivity index (χ0) is 16.8. The van der Waals surface area contributed by atoms with Gasteiger partial charge in [-0.25, -0.2) is 4.79 Å². The molecule has 2 aliphatic heterocycles. The summed E-state index contributed by atoms with van der Waals surface area (Å²) in [7, 11) is 0. The van der Waals surface area contributed by atoms with Gasteiger partial charge in [0.05, 0.1) is 12.6 Å². The van der Waals surface area contributed by atoms with Gasteiger partial charge in [-0.15, -0.1) is 0 Å². The molecule has 5 nitrogen and oxygen atoms in total. The van der Waals surface area contributed by atoms with E-state index in [0.29, 0.717) is 6.61 Å². The van der Waals surface area contributed by atoms with E-state index in [1.54, 1.807) is 0 Å². The van der Waals surface area contributed by atoms with Gasteiger partial charge < -0.3 is 19.9 Å². The molecule has 1 fully saturated rings. The molecule has 1 saturated heterocycles. The van der Waals surface area contributed by atoms with E-state index in [0.717, 1.165) is 43.8 Å². The van der Waals surface area contributed by atoms with Crippen molar-refractivity contribution in [3.8, 4) is 5.75 Å². The van der Waals surface area contributed by atoms with Crippen LogP contribution in [0.15, 0.2) is 24.3 Å². The summed E-state index contributed by atoms with van der Waals surface area (Å²) in [5.74, 6) is 0.895. The molecule has 5 heteroatoms. The third-order valence-electron chi connectivity index (χ3n) is 5.03. The van der Waals surface area contributed by atoms with Crippen LogP contribution in [0, 0.1) is 0 Å². The van der Waals surface area contributed by atoms with Crippen LogP contribution in [-0.2, 0) is 0 Å². The second-order valence-electron chi connectivity index (χ2n) is 6.66. The molecule has 0 aromatic heterocycles. The highest BCUT2D eigenvalue weighted by Gasteiger charge is 2.24. The minimum atomic E-state index is 0.0422. The second kappa shape index (κ2) is 8.38. The highest BCUT2D eigenvalue weighted by Crippen LogP contribution is 2.31. The van der Waals surface area contributed by atoms with Crippen molar-refractivity contribution in [2.45, 2.75) is 38.6 Å². The number of para-hydroxylation sites is 1. The standard InChI is InChI=1S/C19H29N3O2/c1-2-22(14-7-13-21-11-5-6-12-21)19(23)20-17-10-15-24-18-9-4-3-8-16(17)18/h3-4,8-9,17H,2,5-7,10-15H2,1H3,(H,20,23)/t17-/m0/s1. The summed E-state index contributed by atoms with van der Waals surface area (Å²) in [6.07, 6.45) is 4.52. The lowest BCUT2D eigenvalue weighted by Crippen LogP contribution is -2.43. The van der Waals surface area contributed by atoms with Crippen LogP contribution < -0.4 is 10.1 Å². The Morgan fingerprint density at radius 2 is 2.12 bits per heavy atom. The number of nitrogens with zero attached hydrogens (tertiary/aromatic N) is 2. The lowest BCUT2D eigenvalue weighted by Gasteiger charge is -2.30. The Labute approximate surface area is 145 Å². The van der Waals surface area contributed by atoms with Crippen molar-refractivity contribution < 1.29 is 9.53 Å². The smallest absolute Gasteiger partial charge is 0.317 e.